The Morgan fingerprint density at radius 1 is 1.12 bits per heavy atom. The zero-order chi connectivity index (χ0) is 19.3. The minimum Gasteiger partial charge on any atom is -0.496 e. The van der Waals surface area contributed by atoms with Crippen LogP contribution in [0.4, 0.5) is 5.69 Å². The number of halogens is 2. The van der Waals surface area contributed by atoms with Crippen LogP contribution in [0, 0.1) is 18.3 Å². The van der Waals surface area contributed by atoms with Gasteiger partial charge in [-0.2, -0.15) is 5.26 Å². The number of carbonyl (C=O) groups excluding carboxylic acids is 1. The molecule has 0 bridgehead atoms. The highest BCUT2D eigenvalue weighted by Gasteiger charge is 2.14. The maximum absolute atomic E-state index is 12.4. The maximum Gasteiger partial charge on any atom is 0.266 e. The van der Waals surface area contributed by atoms with E-state index in [4.69, 9.17) is 32.7 Å². The molecular formula is C19H16Cl2N2O3. The van der Waals surface area contributed by atoms with Crippen molar-refractivity contribution in [3.05, 3.63) is 57.1 Å². The van der Waals surface area contributed by atoms with Crippen molar-refractivity contribution in [1.82, 2.24) is 0 Å². The number of ether oxygens (including phenoxy) is 2. The monoisotopic (exact) mass is 390 g/mol. The van der Waals surface area contributed by atoms with Crippen LogP contribution in [0.1, 0.15) is 11.1 Å². The molecule has 0 saturated carbocycles. The second-order valence-electron chi connectivity index (χ2n) is 5.32. The van der Waals surface area contributed by atoms with E-state index in [2.05, 4.69) is 5.32 Å². The average Bonchev–Trinajstić information content (AvgIpc) is 2.62. The first kappa shape index (κ1) is 19.6. The van der Waals surface area contributed by atoms with E-state index in [1.165, 1.54) is 20.3 Å². The molecule has 26 heavy (non-hydrogen) atoms. The molecule has 0 aliphatic heterocycles. The van der Waals surface area contributed by atoms with Gasteiger partial charge in [0.15, 0.2) is 0 Å². The van der Waals surface area contributed by atoms with Crippen LogP contribution in [0.15, 0.2) is 35.9 Å². The molecule has 7 heteroatoms. The summed E-state index contributed by atoms with van der Waals surface area (Å²) in [7, 11) is 2.96. The number of nitriles is 1. The lowest BCUT2D eigenvalue weighted by atomic mass is 10.1. The fraction of sp³-hybridized carbons (Fsp3) is 0.158. The Kier molecular flexibility index (Phi) is 6.51. The standard InChI is InChI=1S/C19H16Cl2N2O3/c1-11-4-5-14(8-15(11)20)23-19(24)13(10-22)6-12-7-16(21)18(26-3)9-17(12)25-2/h4-9H,1-3H3,(H,23,24)/b13-6+. The molecule has 0 heterocycles. The zero-order valence-corrected chi connectivity index (χ0v) is 15.9. The van der Waals surface area contributed by atoms with Crippen molar-refractivity contribution in [1.29, 1.82) is 5.26 Å². The highest BCUT2D eigenvalue weighted by molar-refractivity contribution is 6.32. The Labute approximate surface area is 161 Å². The summed E-state index contributed by atoms with van der Waals surface area (Å²) in [6.07, 6.45) is 1.40. The van der Waals surface area contributed by atoms with Crippen molar-refractivity contribution < 1.29 is 14.3 Å². The minimum atomic E-state index is -0.568. The van der Waals surface area contributed by atoms with Crippen LogP contribution in [-0.2, 0) is 4.79 Å². The van der Waals surface area contributed by atoms with Gasteiger partial charge in [-0.3, -0.25) is 4.79 Å². The Balaban J connectivity index is 2.35. The summed E-state index contributed by atoms with van der Waals surface area (Å²) in [5.41, 5.74) is 1.75. The molecule has 0 atom stereocenters. The lowest BCUT2D eigenvalue weighted by Gasteiger charge is -2.10. The molecule has 0 aliphatic rings. The van der Waals surface area contributed by atoms with Crippen molar-refractivity contribution in [2.75, 3.05) is 19.5 Å². The first-order chi connectivity index (χ1) is 12.4. The van der Waals surface area contributed by atoms with Crippen LogP contribution in [0.3, 0.4) is 0 Å². The first-order valence-electron chi connectivity index (χ1n) is 7.50. The van der Waals surface area contributed by atoms with Crippen molar-refractivity contribution in [2.24, 2.45) is 0 Å². The van der Waals surface area contributed by atoms with Gasteiger partial charge in [-0.15, -0.1) is 0 Å². The van der Waals surface area contributed by atoms with Crippen LogP contribution < -0.4 is 14.8 Å². The number of hydrogen-bond donors (Lipinski definition) is 1. The van der Waals surface area contributed by atoms with E-state index >= 15 is 0 Å². The molecule has 2 rings (SSSR count). The van der Waals surface area contributed by atoms with Gasteiger partial charge in [-0.25, -0.2) is 0 Å². The summed E-state index contributed by atoms with van der Waals surface area (Å²) in [6, 6.07) is 10.1. The smallest absolute Gasteiger partial charge is 0.266 e. The van der Waals surface area contributed by atoms with Crippen LogP contribution in [0.2, 0.25) is 10.0 Å². The Hall–Kier alpha value is -2.68. The third-order valence-corrected chi connectivity index (χ3v) is 4.30. The molecule has 1 amide bonds. The van der Waals surface area contributed by atoms with E-state index in [0.29, 0.717) is 32.8 Å². The molecule has 0 fully saturated rings. The van der Waals surface area contributed by atoms with E-state index in [1.54, 1.807) is 30.3 Å². The second kappa shape index (κ2) is 8.61. The van der Waals surface area contributed by atoms with Gasteiger partial charge in [0.2, 0.25) is 0 Å². The molecule has 0 aromatic heterocycles. The van der Waals surface area contributed by atoms with Crippen molar-refractivity contribution >= 4 is 40.9 Å². The van der Waals surface area contributed by atoms with Crippen molar-refractivity contribution in [3.8, 4) is 17.6 Å². The molecule has 1 N–H and O–H groups in total. The first-order valence-corrected chi connectivity index (χ1v) is 8.26. The number of nitrogens with one attached hydrogen (secondary N) is 1. The van der Waals surface area contributed by atoms with Crippen LogP contribution in [-0.4, -0.2) is 20.1 Å². The third-order valence-electron chi connectivity index (χ3n) is 3.60. The number of nitrogens with zero attached hydrogens (tertiary/aromatic N) is 1. The normalized spacial score (nSPS) is 10.8. The predicted molar refractivity (Wildman–Crippen MR) is 103 cm³/mol. The highest BCUT2D eigenvalue weighted by Crippen LogP contribution is 2.33. The SMILES string of the molecule is COc1cc(OC)c(/C=C(\C#N)C(=O)Nc2ccc(C)c(Cl)c2)cc1Cl. The number of benzene rings is 2. The third kappa shape index (κ3) is 4.48. The van der Waals surface area contributed by atoms with Gasteiger partial charge in [0.25, 0.3) is 5.91 Å². The number of rotatable bonds is 5. The maximum atomic E-state index is 12.4. The Bertz CT molecular complexity index is 918. The largest absolute Gasteiger partial charge is 0.496 e. The fourth-order valence-corrected chi connectivity index (χ4v) is 2.60. The number of carbonyl (C=O) groups is 1. The topological polar surface area (TPSA) is 71.3 Å². The summed E-state index contributed by atoms with van der Waals surface area (Å²) < 4.78 is 10.4. The van der Waals surface area contributed by atoms with E-state index in [0.717, 1.165) is 5.56 Å². The number of aryl methyl sites for hydroxylation is 1. The van der Waals surface area contributed by atoms with E-state index in [1.807, 2.05) is 13.0 Å². The molecular weight excluding hydrogens is 375 g/mol. The van der Waals surface area contributed by atoms with Gasteiger partial charge >= 0.3 is 0 Å². The Morgan fingerprint density at radius 2 is 1.81 bits per heavy atom. The minimum absolute atomic E-state index is 0.110. The van der Waals surface area contributed by atoms with Gasteiger partial charge in [0.1, 0.15) is 23.1 Å². The van der Waals surface area contributed by atoms with Gasteiger partial charge in [0, 0.05) is 22.3 Å². The zero-order valence-electron chi connectivity index (χ0n) is 14.4. The molecule has 2 aromatic rings. The van der Waals surface area contributed by atoms with E-state index in [-0.39, 0.29) is 5.57 Å². The van der Waals surface area contributed by atoms with Crippen molar-refractivity contribution in [3.63, 3.8) is 0 Å². The summed E-state index contributed by atoms with van der Waals surface area (Å²) in [4.78, 5) is 12.4. The summed E-state index contributed by atoms with van der Waals surface area (Å²) in [5, 5.41) is 12.9. The summed E-state index contributed by atoms with van der Waals surface area (Å²) >= 11 is 12.2. The Morgan fingerprint density at radius 3 is 2.38 bits per heavy atom. The number of methoxy groups -OCH3 is 2. The predicted octanol–water partition coefficient (Wildman–Crippen LogP) is 4.86. The molecule has 134 valence electrons. The van der Waals surface area contributed by atoms with Gasteiger partial charge < -0.3 is 14.8 Å². The molecule has 0 spiro atoms. The lowest BCUT2D eigenvalue weighted by molar-refractivity contribution is -0.112. The molecule has 0 saturated heterocycles. The number of hydrogen-bond acceptors (Lipinski definition) is 4. The van der Waals surface area contributed by atoms with Crippen LogP contribution in [0.5, 0.6) is 11.5 Å². The summed E-state index contributed by atoms with van der Waals surface area (Å²) in [5.74, 6) is 0.282. The second-order valence-corrected chi connectivity index (χ2v) is 6.13. The van der Waals surface area contributed by atoms with Gasteiger partial charge in [-0.1, -0.05) is 29.3 Å². The fourth-order valence-electron chi connectivity index (χ4n) is 2.17. The highest BCUT2D eigenvalue weighted by atomic mass is 35.5. The average molecular weight is 391 g/mol. The molecule has 2 aromatic carbocycles. The number of amides is 1. The number of anilines is 1. The van der Waals surface area contributed by atoms with Crippen molar-refractivity contribution in [2.45, 2.75) is 6.92 Å². The van der Waals surface area contributed by atoms with Crippen LogP contribution >= 0.6 is 23.2 Å². The quantitative estimate of drug-likeness (QED) is 0.584. The van der Waals surface area contributed by atoms with Gasteiger partial charge in [-0.05, 0) is 36.8 Å². The molecule has 0 unspecified atom stereocenters. The van der Waals surface area contributed by atoms with Crippen LogP contribution in [0.25, 0.3) is 6.08 Å². The lowest BCUT2D eigenvalue weighted by Crippen LogP contribution is -2.13. The van der Waals surface area contributed by atoms with E-state index < -0.39 is 5.91 Å². The molecule has 0 radical (unpaired) electrons. The van der Waals surface area contributed by atoms with E-state index in [9.17, 15) is 10.1 Å². The van der Waals surface area contributed by atoms with Gasteiger partial charge in [0.05, 0.1) is 19.2 Å². The summed E-state index contributed by atoms with van der Waals surface area (Å²) in [6.45, 7) is 1.86. The molecule has 5 nitrogen and oxygen atoms in total. The molecule has 0 aliphatic carbocycles.